The first-order valence-electron chi connectivity index (χ1n) is 6.66. The van der Waals surface area contributed by atoms with Crippen LogP contribution in [0.4, 0.5) is 5.95 Å². The van der Waals surface area contributed by atoms with Gasteiger partial charge in [-0.25, -0.2) is 4.68 Å². The van der Waals surface area contributed by atoms with Gasteiger partial charge in [0.25, 0.3) is 11.9 Å². The number of halogens is 1. The summed E-state index contributed by atoms with van der Waals surface area (Å²) in [5, 5.41) is 4.11. The maximum atomic E-state index is 11.1. The Morgan fingerprint density at radius 2 is 1.86 bits per heavy atom. The van der Waals surface area contributed by atoms with Crippen LogP contribution in [0.15, 0.2) is 12.3 Å². The molecule has 9 heteroatoms. The Kier molecular flexibility index (Phi) is 3.70. The highest BCUT2D eigenvalue weighted by atomic mass is 35.5. The lowest BCUT2D eigenvalue weighted by molar-refractivity contribution is 0.0995. The van der Waals surface area contributed by atoms with Gasteiger partial charge in [-0.2, -0.15) is 20.1 Å². The molecule has 110 valence electrons. The minimum Gasteiger partial charge on any atom is -0.364 e. The fourth-order valence-corrected chi connectivity index (χ4v) is 2.39. The molecule has 21 heavy (non-hydrogen) atoms. The van der Waals surface area contributed by atoms with Gasteiger partial charge in [-0.15, -0.1) is 0 Å². The van der Waals surface area contributed by atoms with Crippen molar-refractivity contribution in [2.75, 3.05) is 18.0 Å². The fraction of sp³-hybridized carbons (Fsp3) is 0.417. The monoisotopic (exact) mass is 307 g/mol. The van der Waals surface area contributed by atoms with Gasteiger partial charge in [0.1, 0.15) is 5.69 Å². The molecule has 0 unspecified atom stereocenters. The van der Waals surface area contributed by atoms with E-state index in [9.17, 15) is 4.79 Å². The standard InChI is InChI=1S/C12H14ClN7O/c13-10-15-11(19-5-2-1-3-6-19)17-12(16-10)20-7-4-8(18-20)9(14)21/h4,7H,1-3,5-6H2,(H2,14,21). The molecule has 1 fully saturated rings. The summed E-state index contributed by atoms with van der Waals surface area (Å²) < 4.78 is 1.36. The van der Waals surface area contributed by atoms with Crippen LogP contribution >= 0.6 is 11.6 Å². The number of nitrogens with zero attached hydrogens (tertiary/aromatic N) is 6. The van der Waals surface area contributed by atoms with E-state index in [4.69, 9.17) is 17.3 Å². The van der Waals surface area contributed by atoms with Gasteiger partial charge >= 0.3 is 0 Å². The third kappa shape index (κ3) is 2.94. The van der Waals surface area contributed by atoms with Crippen molar-refractivity contribution in [2.24, 2.45) is 5.73 Å². The Morgan fingerprint density at radius 1 is 1.14 bits per heavy atom. The predicted octanol–water partition coefficient (Wildman–Crippen LogP) is 0.800. The minimum atomic E-state index is -0.606. The number of amides is 1. The molecule has 0 aliphatic carbocycles. The fourth-order valence-electron chi connectivity index (χ4n) is 2.23. The van der Waals surface area contributed by atoms with Crippen molar-refractivity contribution >= 4 is 23.5 Å². The molecule has 1 saturated heterocycles. The third-order valence-electron chi connectivity index (χ3n) is 3.27. The van der Waals surface area contributed by atoms with E-state index in [1.54, 1.807) is 6.20 Å². The van der Waals surface area contributed by atoms with Crippen LogP contribution in [0.3, 0.4) is 0 Å². The molecule has 1 aliphatic heterocycles. The van der Waals surface area contributed by atoms with E-state index >= 15 is 0 Å². The highest BCUT2D eigenvalue weighted by Crippen LogP contribution is 2.18. The largest absolute Gasteiger partial charge is 0.364 e. The average molecular weight is 308 g/mol. The predicted molar refractivity (Wildman–Crippen MR) is 76.5 cm³/mol. The highest BCUT2D eigenvalue weighted by molar-refractivity contribution is 6.28. The lowest BCUT2D eigenvalue weighted by atomic mass is 10.1. The van der Waals surface area contributed by atoms with Gasteiger partial charge < -0.3 is 10.6 Å². The number of carbonyl (C=O) groups is 1. The van der Waals surface area contributed by atoms with Crippen LogP contribution in [-0.2, 0) is 0 Å². The van der Waals surface area contributed by atoms with Gasteiger partial charge in [-0.1, -0.05) is 0 Å². The Bertz CT molecular complexity index is 665. The normalized spacial score (nSPS) is 15.2. The maximum Gasteiger partial charge on any atom is 0.269 e. The van der Waals surface area contributed by atoms with Crippen LogP contribution in [0, 0.1) is 0 Å². The van der Waals surface area contributed by atoms with Crippen molar-refractivity contribution in [1.29, 1.82) is 0 Å². The second-order valence-electron chi connectivity index (χ2n) is 4.76. The van der Waals surface area contributed by atoms with Crippen LogP contribution in [0.25, 0.3) is 5.95 Å². The van der Waals surface area contributed by atoms with E-state index in [-0.39, 0.29) is 16.9 Å². The minimum absolute atomic E-state index is 0.0942. The summed E-state index contributed by atoms with van der Waals surface area (Å²) in [5.41, 5.74) is 5.32. The Balaban J connectivity index is 1.94. The number of nitrogens with two attached hydrogens (primary N) is 1. The van der Waals surface area contributed by atoms with Crippen LogP contribution in [0.2, 0.25) is 5.28 Å². The topological polar surface area (TPSA) is 103 Å². The molecule has 0 radical (unpaired) electrons. The zero-order valence-electron chi connectivity index (χ0n) is 11.2. The number of hydrogen-bond acceptors (Lipinski definition) is 6. The number of aromatic nitrogens is 5. The second kappa shape index (κ2) is 5.65. The van der Waals surface area contributed by atoms with Gasteiger partial charge in [0.05, 0.1) is 0 Å². The van der Waals surface area contributed by atoms with Gasteiger partial charge in [0.15, 0.2) is 0 Å². The van der Waals surface area contributed by atoms with Crippen molar-refractivity contribution in [1.82, 2.24) is 24.7 Å². The molecule has 3 rings (SSSR count). The molecule has 2 aromatic rings. The molecule has 2 N–H and O–H groups in total. The Morgan fingerprint density at radius 3 is 2.52 bits per heavy atom. The van der Waals surface area contributed by atoms with E-state index in [1.165, 1.54) is 17.2 Å². The quantitative estimate of drug-likeness (QED) is 0.899. The summed E-state index contributed by atoms with van der Waals surface area (Å²) >= 11 is 5.97. The summed E-state index contributed by atoms with van der Waals surface area (Å²) in [4.78, 5) is 25.7. The molecule has 0 aromatic carbocycles. The van der Waals surface area contributed by atoms with E-state index in [0.717, 1.165) is 25.9 Å². The van der Waals surface area contributed by atoms with Gasteiger partial charge in [-0.3, -0.25) is 4.79 Å². The number of hydrogen-bond donors (Lipinski definition) is 1. The number of rotatable bonds is 3. The summed E-state index contributed by atoms with van der Waals surface area (Å²) in [6.45, 7) is 1.79. The first-order chi connectivity index (χ1) is 10.1. The summed E-state index contributed by atoms with van der Waals surface area (Å²) in [6.07, 6.45) is 4.98. The van der Waals surface area contributed by atoms with Crippen molar-refractivity contribution in [2.45, 2.75) is 19.3 Å². The zero-order valence-corrected chi connectivity index (χ0v) is 12.0. The lowest BCUT2D eigenvalue weighted by Crippen LogP contribution is -2.31. The number of carbonyl (C=O) groups excluding carboxylic acids is 1. The lowest BCUT2D eigenvalue weighted by Gasteiger charge is -2.26. The van der Waals surface area contributed by atoms with Gasteiger partial charge in [0, 0.05) is 19.3 Å². The molecule has 0 spiro atoms. The summed E-state index contributed by atoms with van der Waals surface area (Å²) in [6, 6.07) is 1.50. The van der Waals surface area contributed by atoms with Crippen molar-refractivity contribution in [3.05, 3.63) is 23.2 Å². The second-order valence-corrected chi connectivity index (χ2v) is 5.10. The van der Waals surface area contributed by atoms with Crippen molar-refractivity contribution < 1.29 is 4.79 Å². The van der Waals surface area contributed by atoms with E-state index in [0.29, 0.717) is 5.95 Å². The molecule has 0 saturated carbocycles. The zero-order chi connectivity index (χ0) is 14.8. The maximum absolute atomic E-state index is 11.1. The molecule has 0 bridgehead atoms. The molecule has 1 aliphatic rings. The van der Waals surface area contributed by atoms with Gasteiger partial charge in [-0.05, 0) is 36.9 Å². The van der Waals surface area contributed by atoms with Crippen molar-refractivity contribution in [3.8, 4) is 5.95 Å². The average Bonchev–Trinajstić information content (AvgIpc) is 2.98. The van der Waals surface area contributed by atoms with Crippen molar-refractivity contribution in [3.63, 3.8) is 0 Å². The number of piperidine rings is 1. The molecule has 0 atom stereocenters. The SMILES string of the molecule is NC(=O)c1ccn(-c2nc(Cl)nc(N3CCCCC3)n2)n1. The van der Waals surface area contributed by atoms with Crippen LogP contribution in [0.5, 0.6) is 0 Å². The first kappa shape index (κ1) is 13.7. The van der Waals surface area contributed by atoms with Gasteiger partial charge in [0.2, 0.25) is 11.2 Å². The Hall–Kier alpha value is -2.22. The third-order valence-corrected chi connectivity index (χ3v) is 3.44. The molecular formula is C12H14ClN7O. The molecule has 2 aromatic heterocycles. The van der Waals surface area contributed by atoms with Crippen LogP contribution < -0.4 is 10.6 Å². The van der Waals surface area contributed by atoms with Crippen LogP contribution in [0.1, 0.15) is 29.8 Å². The highest BCUT2D eigenvalue weighted by Gasteiger charge is 2.17. The molecule has 1 amide bonds. The van der Waals surface area contributed by atoms with E-state index in [2.05, 4.69) is 25.0 Å². The summed E-state index contributed by atoms with van der Waals surface area (Å²) in [7, 11) is 0. The first-order valence-corrected chi connectivity index (χ1v) is 7.03. The number of primary amides is 1. The van der Waals surface area contributed by atoms with E-state index < -0.39 is 5.91 Å². The smallest absolute Gasteiger partial charge is 0.269 e. The molecular weight excluding hydrogens is 294 g/mol. The number of anilines is 1. The van der Waals surface area contributed by atoms with Crippen LogP contribution in [-0.4, -0.2) is 43.7 Å². The summed E-state index contributed by atoms with van der Waals surface area (Å²) in [5.74, 6) is 0.189. The Labute approximate surface area is 126 Å². The molecule has 8 nitrogen and oxygen atoms in total. The molecule has 3 heterocycles. The van der Waals surface area contributed by atoms with E-state index in [1.807, 2.05) is 0 Å².